The summed E-state index contributed by atoms with van der Waals surface area (Å²) in [6.45, 7) is 2.25. The molecule has 1 heteroatoms. The summed E-state index contributed by atoms with van der Waals surface area (Å²) in [6, 6.07) is 0. The van der Waals surface area contributed by atoms with Crippen LogP contribution in [0.1, 0.15) is 103 Å². The predicted octanol–water partition coefficient (Wildman–Crippen LogP) is 7.57. The zero-order chi connectivity index (χ0) is 16.8. The van der Waals surface area contributed by atoms with Crippen LogP contribution in [0, 0.1) is 35.5 Å². The smallest absolute Gasteiger partial charge is 0.0897 e. The van der Waals surface area contributed by atoms with Crippen molar-refractivity contribution in [3.05, 3.63) is 0 Å². The lowest BCUT2D eigenvalue weighted by Gasteiger charge is -2.41. The molecular weight excluding hydrogens is 295 g/mol. The summed E-state index contributed by atoms with van der Waals surface area (Å²) in [5.41, 5.74) is 0. The molecule has 3 aliphatic rings. The molecule has 3 fully saturated rings. The fourth-order valence-electron chi connectivity index (χ4n) is 6.55. The van der Waals surface area contributed by atoms with Crippen LogP contribution < -0.4 is 0 Å². The average molecular weight is 337 g/mol. The maximum atomic E-state index is 12.5. The third-order valence-corrected chi connectivity index (χ3v) is 8.15. The number of rotatable bonds is 6. The van der Waals surface area contributed by atoms with E-state index >= 15 is 0 Å². The quantitative estimate of drug-likeness (QED) is 0.469. The molecule has 0 unspecified atom stereocenters. The Labute approximate surface area is 150 Å². The van der Waals surface area contributed by atoms with E-state index in [9.17, 15) is 4.39 Å². The van der Waals surface area contributed by atoms with Gasteiger partial charge in [-0.25, -0.2) is 0 Å². The van der Waals surface area contributed by atoms with Crippen LogP contribution in [0.25, 0.3) is 0 Å². The Bertz CT molecular complexity index is 294. The van der Waals surface area contributed by atoms with Crippen LogP contribution in [0.5, 0.6) is 0 Å². The van der Waals surface area contributed by atoms with Crippen LogP contribution in [0.3, 0.4) is 0 Å². The highest BCUT2D eigenvalue weighted by Crippen LogP contribution is 2.46. The zero-order valence-corrected chi connectivity index (χ0v) is 16.2. The van der Waals surface area contributed by atoms with E-state index in [1.807, 2.05) is 0 Å². The third kappa shape index (κ3) is 4.98. The zero-order valence-electron chi connectivity index (χ0n) is 16.2. The Hall–Kier alpha value is -0.0700. The maximum absolute atomic E-state index is 12.5. The van der Waals surface area contributed by atoms with E-state index in [1.165, 1.54) is 89.9 Å². The van der Waals surface area contributed by atoms with E-state index in [0.717, 1.165) is 36.0 Å². The lowest BCUT2D eigenvalue weighted by Crippen LogP contribution is -2.29. The van der Waals surface area contributed by atoms with E-state index < -0.39 is 0 Å². The summed E-state index contributed by atoms with van der Waals surface area (Å²) in [6.07, 6.45) is 21.3. The van der Waals surface area contributed by atoms with Gasteiger partial charge in [0.1, 0.15) is 0 Å². The topological polar surface area (TPSA) is 0 Å². The molecule has 0 aromatic heterocycles. The standard InChI is InChI=1S/C23H41F/c1-2-3-18-4-8-20(9-5-18)22-12-14-23(15-13-22)21-10-6-19(7-11-21)16-17-24/h18-23H,2-17H2,1H3. The molecule has 3 aliphatic carbocycles. The largest absolute Gasteiger partial charge is 0.251 e. The van der Waals surface area contributed by atoms with Crippen molar-refractivity contribution in [1.29, 1.82) is 0 Å². The van der Waals surface area contributed by atoms with Crippen LogP contribution in [0.4, 0.5) is 4.39 Å². The molecule has 3 rings (SSSR count). The first kappa shape index (κ1) is 18.7. The van der Waals surface area contributed by atoms with Crippen LogP contribution in [0.2, 0.25) is 0 Å². The van der Waals surface area contributed by atoms with Gasteiger partial charge in [-0.15, -0.1) is 0 Å². The molecule has 0 aliphatic heterocycles. The van der Waals surface area contributed by atoms with E-state index in [-0.39, 0.29) is 6.67 Å². The molecule has 140 valence electrons. The van der Waals surface area contributed by atoms with Crippen molar-refractivity contribution < 1.29 is 4.39 Å². The summed E-state index contributed by atoms with van der Waals surface area (Å²) in [4.78, 5) is 0. The second kappa shape index (κ2) is 9.58. The van der Waals surface area contributed by atoms with Gasteiger partial charge < -0.3 is 0 Å². The van der Waals surface area contributed by atoms with Crippen molar-refractivity contribution in [2.75, 3.05) is 6.67 Å². The van der Waals surface area contributed by atoms with Gasteiger partial charge in [0.2, 0.25) is 0 Å². The van der Waals surface area contributed by atoms with Crippen LogP contribution in [0.15, 0.2) is 0 Å². The summed E-state index contributed by atoms with van der Waals surface area (Å²) in [7, 11) is 0. The molecule has 0 radical (unpaired) electrons. The highest BCUT2D eigenvalue weighted by atomic mass is 19.1. The molecule has 0 heterocycles. The normalized spacial score (nSPS) is 41.2. The first-order valence-electron chi connectivity index (χ1n) is 11.4. The fourth-order valence-corrected chi connectivity index (χ4v) is 6.55. The van der Waals surface area contributed by atoms with E-state index in [2.05, 4.69) is 6.92 Å². The molecule has 24 heavy (non-hydrogen) atoms. The maximum Gasteiger partial charge on any atom is 0.0897 e. The summed E-state index contributed by atoms with van der Waals surface area (Å²) in [5.74, 6) is 5.90. The average Bonchev–Trinajstić information content (AvgIpc) is 2.64. The first-order chi connectivity index (χ1) is 11.8. The minimum Gasteiger partial charge on any atom is -0.251 e. The van der Waals surface area contributed by atoms with Gasteiger partial charge in [0.25, 0.3) is 0 Å². The lowest BCUT2D eigenvalue weighted by atomic mass is 9.65. The van der Waals surface area contributed by atoms with Crippen LogP contribution >= 0.6 is 0 Å². The van der Waals surface area contributed by atoms with Crippen molar-refractivity contribution >= 4 is 0 Å². The Balaban J connectivity index is 1.36. The number of halogens is 1. The third-order valence-electron chi connectivity index (χ3n) is 8.15. The minimum atomic E-state index is -0.0963. The van der Waals surface area contributed by atoms with Crippen molar-refractivity contribution in [3.63, 3.8) is 0 Å². The molecule has 3 saturated carbocycles. The SMILES string of the molecule is CCCC1CCC(C2CCC(C3CCC(CCF)CC3)CC2)CC1. The van der Waals surface area contributed by atoms with E-state index in [1.54, 1.807) is 0 Å². The van der Waals surface area contributed by atoms with Gasteiger partial charge in [0, 0.05) is 0 Å². The predicted molar refractivity (Wildman–Crippen MR) is 102 cm³/mol. The van der Waals surface area contributed by atoms with Crippen molar-refractivity contribution in [2.45, 2.75) is 103 Å². The molecule has 0 spiro atoms. The molecule has 0 bridgehead atoms. The van der Waals surface area contributed by atoms with Gasteiger partial charge in [-0.2, -0.15) is 0 Å². The highest BCUT2D eigenvalue weighted by Gasteiger charge is 2.34. The number of alkyl halides is 1. The van der Waals surface area contributed by atoms with Crippen molar-refractivity contribution in [1.82, 2.24) is 0 Å². The molecular formula is C23H41F. The van der Waals surface area contributed by atoms with Gasteiger partial charge in [-0.05, 0) is 93.3 Å². The molecule has 0 N–H and O–H groups in total. The van der Waals surface area contributed by atoms with E-state index in [4.69, 9.17) is 0 Å². The molecule has 0 amide bonds. The molecule has 0 atom stereocenters. The molecule has 0 aromatic rings. The second-order valence-corrected chi connectivity index (χ2v) is 9.50. The van der Waals surface area contributed by atoms with E-state index in [0.29, 0.717) is 5.92 Å². The van der Waals surface area contributed by atoms with Crippen molar-refractivity contribution in [2.24, 2.45) is 35.5 Å². The fraction of sp³-hybridized carbons (Fsp3) is 1.00. The summed E-state index contributed by atoms with van der Waals surface area (Å²) < 4.78 is 12.5. The Kier molecular flexibility index (Phi) is 7.47. The number of hydrogen-bond donors (Lipinski definition) is 0. The lowest BCUT2D eigenvalue weighted by molar-refractivity contribution is 0.102. The molecule has 0 nitrogen and oxygen atoms in total. The highest BCUT2D eigenvalue weighted by molar-refractivity contribution is 4.85. The van der Waals surface area contributed by atoms with Gasteiger partial charge >= 0.3 is 0 Å². The first-order valence-corrected chi connectivity index (χ1v) is 11.4. The Morgan fingerprint density at radius 2 is 0.875 bits per heavy atom. The van der Waals surface area contributed by atoms with Gasteiger partial charge in [-0.3, -0.25) is 4.39 Å². The van der Waals surface area contributed by atoms with Crippen molar-refractivity contribution in [3.8, 4) is 0 Å². The van der Waals surface area contributed by atoms with Crippen LogP contribution in [-0.2, 0) is 0 Å². The van der Waals surface area contributed by atoms with Gasteiger partial charge in [-0.1, -0.05) is 45.4 Å². The Morgan fingerprint density at radius 1 is 0.542 bits per heavy atom. The summed E-state index contributed by atoms with van der Waals surface area (Å²) >= 11 is 0. The monoisotopic (exact) mass is 336 g/mol. The number of hydrogen-bond acceptors (Lipinski definition) is 0. The van der Waals surface area contributed by atoms with Gasteiger partial charge in [0.05, 0.1) is 6.67 Å². The second-order valence-electron chi connectivity index (χ2n) is 9.50. The molecule has 0 aromatic carbocycles. The Morgan fingerprint density at radius 3 is 1.21 bits per heavy atom. The van der Waals surface area contributed by atoms with Crippen LogP contribution in [-0.4, -0.2) is 6.67 Å². The summed E-state index contributed by atoms with van der Waals surface area (Å²) in [5, 5.41) is 0. The van der Waals surface area contributed by atoms with Gasteiger partial charge in [0.15, 0.2) is 0 Å². The molecule has 0 saturated heterocycles. The minimum absolute atomic E-state index is 0.0963.